The average Bonchev–Trinajstić information content (AvgIpc) is 2.74. The predicted octanol–water partition coefficient (Wildman–Crippen LogP) is 1.53. The molecule has 0 radical (unpaired) electrons. The Labute approximate surface area is 178 Å². The summed E-state index contributed by atoms with van der Waals surface area (Å²) < 4.78 is 39.2. The van der Waals surface area contributed by atoms with Gasteiger partial charge in [0.15, 0.2) is 0 Å². The Morgan fingerprint density at radius 3 is 2.30 bits per heavy atom. The molecule has 2 amide bonds. The van der Waals surface area contributed by atoms with Crippen molar-refractivity contribution in [2.75, 3.05) is 37.8 Å². The van der Waals surface area contributed by atoms with E-state index in [0.29, 0.717) is 23.7 Å². The second kappa shape index (κ2) is 9.07. The number of para-hydroxylation sites is 1. The minimum absolute atomic E-state index is 0.0128. The number of hydrogen-bond acceptors (Lipinski definition) is 5. The number of carbonyl (C=O) groups is 2. The topological polar surface area (TPSA) is 104 Å². The van der Waals surface area contributed by atoms with Crippen molar-refractivity contribution in [1.29, 1.82) is 0 Å². The van der Waals surface area contributed by atoms with Crippen molar-refractivity contribution < 1.29 is 22.2 Å². The van der Waals surface area contributed by atoms with Crippen molar-refractivity contribution in [3.05, 3.63) is 54.1 Å². The largest absolute Gasteiger partial charge is 0.340 e. The van der Waals surface area contributed by atoms with E-state index >= 15 is 0 Å². The van der Waals surface area contributed by atoms with E-state index in [9.17, 15) is 22.2 Å². The minimum atomic E-state index is -3.79. The normalized spacial score (nSPS) is 16.1. The Balaban J connectivity index is 1.80. The van der Waals surface area contributed by atoms with Gasteiger partial charge in [0.1, 0.15) is 0 Å². The van der Waals surface area contributed by atoms with Crippen LogP contribution in [0.5, 0.6) is 0 Å². The molecule has 1 aliphatic rings. The smallest absolute Gasteiger partial charge is 0.255 e. The average molecular weight is 450 g/mol. The van der Waals surface area contributed by atoms with Crippen molar-refractivity contribution in [2.45, 2.75) is 16.7 Å². The number of hydrogen-bond donors (Lipinski definition) is 1. The van der Waals surface area contributed by atoms with Gasteiger partial charge in [-0.15, -0.1) is 0 Å². The van der Waals surface area contributed by atoms with Gasteiger partial charge in [-0.05, 0) is 30.3 Å². The quantitative estimate of drug-likeness (QED) is 0.746. The van der Waals surface area contributed by atoms with Gasteiger partial charge in [0.2, 0.25) is 15.9 Å². The first-order valence-corrected chi connectivity index (χ1v) is 12.3. The highest BCUT2D eigenvalue weighted by atomic mass is 32.2. The highest BCUT2D eigenvalue weighted by molar-refractivity contribution is 7.89. The number of amides is 2. The minimum Gasteiger partial charge on any atom is -0.340 e. The molecule has 30 heavy (non-hydrogen) atoms. The zero-order chi connectivity index (χ0) is 21.9. The van der Waals surface area contributed by atoms with E-state index in [2.05, 4.69) is 5.32 Å². The number of carbonyl (C=O) groups excluding carboxylic acids is 2. The van der Waals surface area contributed by atoms with E-state index in [1.807, 2.05) is 0 Å². The van der Waals surface area contributed by atoms with Crippen LogP contribution in [0.4, 0.5) is 5.69 Å². The first-order chi connectivity index (χ1) is 14.2. The lowest BCUT2D eigenvalue weighted by Gasteiger charge is -2.33. The van der Waals surface area contributed by atoms with Gasteiger partial charge in [-0.3, -0.25) is 13.8 Å². The first-order valence-electron chi connectivity index (χ1n) is 9.29. The molecule has 0 unspecified atom stereocenters. The summed E-state index contributed by atoms with van der Waals surface area (Å²) in [6.45, 7) is 2.53. The molecule has 1 N–H and O–H groups in total. The molecule has 3 rings (SSSR count). The van der Waals surface area contributed by atoms with Gasteiger partial charge >= 0.3 is 0 Å². The zero-order valence-electron chi connectivity index (χ0n) is 16.7. The van der Waals surface area contributed by atoms with Crippen LogP contribution < -0.4 is 5.32 Å². The molecule has 0 aromatic heterocycles. The van der Waals surface area contributed by atoms with Gasteiger partial charge in [0.25, 0.3) is 5.91 Å². The Morgan fingerprint density at radius 1 is 1.00 bits per heavy atom. The summed E-state index contributed by atoms with van der Waals surface area (Å²) >= 11 is 0. The molecule has 0 saturated carbocycles. The van der Waals surface area contributed by atoms with Gasteiger partial charge in [-0.1, -0.05) is 18.2 Å². The SMILES string of the molecule is CC(=O)N1CCN(S(=O)(=O)c2cccc(C(=O)Nc3ccccc3[S@@](C)=O)c2)CC1. The number of nitrogens with one attached hydrogen (secondary N) is 1. The van der Waals surface area contributed by atoms with Gasteiger partial charge in [-0.2, -0.15) is 4.31 Å². The number of benzene rings is 2. The van der Waals surface area contributed by atoms with Crippen molar-refractivity contribution in [3.8, 4) is 0 Å². The third-order valence-electron chi connectivity index (χ3n) is 4.86. The number of sulfonamides is 1. The second-order valence-corrected chi connectivity index (χ2v) is 10.1. The van der Waals surface area contributed by atoms with Crippen molar-refractivity contribution in [1.82, 2.24) is 9.21 Å². The lowest BCUT2D eigenvalue weighted by atomic mass is 10.2. The summed E-state index contributed by atoms with van der Waals surface area (Å²) in [6.07, 6.45) is 1.52. The van der Waals surface area contributed by atoms with Crippen molar-refractivity contribution in [2.24, 2.45) is 0 Å². The molecule has 2 aromatic rings. The molecule has 0 spiro atoms. The summed E-state index contributed by atoms with van der Waals surface area (Å²) in [6, 6.07) is 12.5. The van der Waals surface area contributed by atoms with E-state index in [1.165, 1.54) is 41.8 Å². The number of rotatable bonds is 5. The molecule has 0 aliphatic carbocycles. The van der Waals surface area contributed by atoms with Crippen LogP contribution in [-0.2, 0) is 25.6 Å². The van der Waals surface area contributed by atoms with Gasteiger partial charge in [-0.25, -0.2) is 8.42 Å². The van der Waals surface area contributed by atoms with E-state index in [0.717, 1.165) is 0 Å². The van der Waals surface area contributed by atoms with E-state index in [4.69, 9.17) is 0 Å². The molecule has 10 heteroatoms. The van der Waals surface area contributed by atoms with Crippen molar-refractivity contribution in [3.63, 3.8) is 0 Å². The van der Waals surface area contributed by atoms with Gasteiger partial charge in [0.05, 0.1) is 26.3 Å². The summed E-state index contributed by atoms with van der Waals surface area (Å²) in [5.41, 5.74) is 0.590. The van der Waals surface area contributed by atoms with E-state index in [1.54, 1.807) is 29.2 Å². The summed E-state index contributed by atoms with van der Waals surface area (Å²) in [7, 11) is -5.08. The van der Waals surface area contributed by atoms with E-state index in [-0.39, 0.29) is 29.5 Å². The maximum atomic E-state index is 13.0. The maximum absolute atomic E-state index is 13.0. The summed E-state index contributed by atoms with van der Waals surface area (Å²) in [5, 5.41) is 2.70. The lowest BCUT2D eigenvalue weighted by molar-refractivity contribution is -0.129. The molecular weight excluding hydrogens is 426 g/mol. The van der Waals surface area contributed by atoms with Crippen molar-refractivity contribution >= 4 is 38.3 Å². The fourth-order valence-corrected chi connectivity index (χ4v) is 5.37. The number of anilines is 1. The van der Waals surface area contributed by atoms with Crippen LogP contribution in [0.2, 0.25) is 0 Å². The number of piperazine rings is 1. The predicted molar refractivity (Wildman–Crippen MR) is 114 cm³/mol. The molecule has 1 heterocycles. The summed E-state index contributed by atoms with van der Waals surface area (Å²) in [4.78, 5) is 26.3. The molecule has 1 aliphatic heterocycles. The Kier molecular flexibility index (Phi) is 6.69. The molecule has 160 valence electrons. The second-order valence-electron chi connectivity index (χ2n) is 6.84. The number of nitrogens with zero attached hydrogens (tertiary/aromatic N) is 2. The standard InChI is InChI=1S/C20H23N3O5S2/c1-15(24)22-10-12-23(13-11-22)30(27,28)17-7-5-6-16(14-17)20(25)21-18-8-3-4-9-19(18)29(2)26/h3-9,14H,10-13H2,1-2H3,(H,21,25)/t29-/m1/s1. The third-order valence-corrected chi connectivity index (χ3v) is 7.73. The van der Waals surface area contributed by atoms with Crippen LogP contribution in [-0.4, -0.2) is 66.1 Å². The van der Waals surface area contributed by atoms with Crippen LogP contribution in [0.15, 0.2) is 58.3 Å². The van der Waals surface area contributed by atoms with Crippen LogP contribution >= 0.6 is 0 Å². The van der Waals surface area contributed by atoms with E-state index < -0.39 is 26.7 Å². The Morgan fingerprint density at radius 2 is 1.67 bits per heavy atom. The fraction of sp³-hybridized carbons (Fsp3) is 0.300. The van der Waals surface area contributed by atoms with Crippen LogP contribution in [0.1, 0.15) is 17.3 Å². The highest BCUT2D eigenvalue weighted by Gasteiger charge is 2.29. The first kappa shape index (κ1) is 22.1. The molecule has 1 fully saturated rings. The zero-order valence-corrected chi connectivity index (χ0v) is 18.3. The maximum Gasteiger partial charge on any atom is 0.255 e. The Hall–Kier alpha value is -2.56. The molecule has 1 atom stereocenters. The third kappa shape index (κ3) is 4.77. The Bertz CT molecular complexity index is 1090. The molecule has 8 nitrogen and oxygen atoms in total. The van der Waals surface area contributed by atoms with Crippen LogP contribution in [0, 0.1) is 0 Å². The van der Waals surface area contributed by atoms with Gasteiger partial charge < -0.3 is 10.2 Å². The van der Waals surface area contributed by atoms with Crippen LogP contribution in [0.25, 0.3) is 0 Å². The monoisotopic (exact) mass is 449 g/mol. The molecule has 1 saturated heterocycles. The fourth-order valence-electron chi connectivity index (χ4n) is 3.21. The molecule has 0 bridgehead atoms. The molecular formula is C20H23N3O5S2. The molecule has 2 aromatic carbocycles. The van der Waals surface area contributed by atoms with Crippen LogP contribution in [0.3, 0.4) is 0 Å². The van der Waals surface area contributed by atoms with Gasteiger partial charge in [0, 0.05) is 44.9 Å². The lowest BCUT2D eigenvalue weighted by Crippen LogP contribution is -2.49. The summed E-state index contributed by atoms with van der Waals surface area (Å²) in [5.74, 6) is -0.578. The highest BCUT2D eigenvalue weighted by Crippen LogP contribution is 2.22.